The zero-order valence-corrected chi connectivity index (χ0v) is 21.5. The zero-order chi connectivity index (χ0) is 21.5. The first-order valence-electron chi connectivity index (χ1n) is 11.7. The number of rotatable bonds is 8. The van der Waals surface area contributed by atoms with Gasteiger partial charge in [-0.15, -0.1) is 24.0 Å². The molecule has 1 saturated heterocycles. The van der Waals surface area contributed by atoms with E-state index < -0.39 is 0 Å². The molecule has 0 unspecified atom stereocenters. The van der Waals surface area contributed by atoms with E-state index in [9.17, 15) is 0 Å². The van der Waals surface area contributed by atoms with Crippen molar-refractivity contribution in [1.29, 1.82) is 0 Å². The van der Waals surface area contributed by atoms with E-state index in [0.29, 0.717) is 12.6 Å². The minimum atomic E-state index is 0. The van der Waals surface area contributed by atoms with Crippen LogP contribution in [0.1, 0.15) is 43.9 Å². The molecule has 2 heterocycles. The molecule has 0 spiro atoms. The summed E-state index contributed by atoms with van der Waals surface area (Å²) >= 11 is 0. The Balaban J connectivity index is 0.00000289. The Bertz CT molecular complexity index is 878. The molecule has 2 fully saturated rings. The van der Waals surface area contributed by atoms with E-state index >= 15 is 0 Å². The molecule has 4 rings (SSSR count). The lowest BCUT2D eigenvalue weighted by Crippen LogP contribution is -2.48. The van der Waals surface area contributed by atoms with Crippen LogP contribution < -0.4 is 20.3 Å². The Morgan fingerprint density at radius 3 is 2.59 bits per heavy atom. The third kappa shape index (κ3) is 7.25. The minimum Gasteiger partial charge on any atom is -0.493 e. The first-order valence-corrected chi connectivity index (χ1v) is 11.7. The summed E-state index contributed by atoms with van der Waals surface area (Å²) in [6, 6.07) is 14.9. The molecule has 6 nitrogen and oxygen atoms in total. The number of nitrogens with one attached hydrogen (secondary N) is 2. The van der Waals surface area contributed by atoms with E-state index in [1.165, 1.54) is 12.8 Å². The van der Waals surface area contributed by atoms with Gasteiger partial charge in [0.15, 0.2) is 5.96 Å². The third-order valence-corrected chi connectivity index (χ3v) is 5.93. The van der Waals surface area contributed by atoms with Gasteiger partial charge in [0.25, 0.3) is 0 Å². The van der Waals surface area contributed by atoms with Crippen molar-refractivity contribution in [3.8, 4) is 5.75 Å². The monoisotopic (exact) mass is 549 g/mol. The number of ether oxygens (including phenoxy) is 1. The van der Waals surface area contributed by atoms with Gasteiger partial charge in [0.2, 0.25) is 0 Å². The number of hydrogen-bond donors (Lipinski definition) is 2. The van der Waals surface area contributed by atoms with Crippen LogP contribution in [0, 0.1) is 12.8 Å². The normalized spacial score (nSPS) is 16.9. The molecule has 174 valence electrons. The maximum atomic E-state index is 6.04. The van der Waals surface area contributed by atoms with E-state index in [-0.39, 0.29) is 24.0 Å². The number of nitrogens with zero attached hydrogens (tertiary/aromatic N) is 3. The Hall–Kier alpha value is -2.03. The molecule has 0 atom stereocenters. The summed E-state index contributed by atoms with van der Waals surface area (Å²) in [5.41, 5.74) is 2.21. The number of aryl methyl sites for hydroxylation is 1. The lowest BCUT2D eigenvalue weighted by atomic mass is 10.1. The zero-order valence-electron chi connectivity index (χ0n) is 19.2. The molecule has 0 bridgehead atoms. The van der Waals surface area contributed by atoms with Gasteiger partial charge in [0, 0.05) is 36.9 Å². The van der Waals surface area contributed by atoms with Crippen molar-refractivity contribution < 1.29 is 4.74 Å². The lowest BCUT2D eigenvalue weighted by molar-refractivity contribution is 0.297. The van der Waals surface area contributed by atoms with E-state index in [4.69, 9.17) is 9.73 Å². The average Bonchev–Trinajstić information content (AvgIpc) is 3.62. The van der Waals surface area contributed by atoms with Gasteiger partial charge < -0.3 is 20.3 Å². The molecule has 1 aromatic heterocycles. The fraction of sp³-hybridized carbons (Fsp3) is 0.520. The lowest BCUT2D eigenvalue weighted by Gasteiger charge is -2.34. The van der Waals surface area contributed by atoms with E-state index in [1.807, 2.05) is 19.1 Å². The van der Waals surface area contributed by atoms with Crippen molar-refractivity contribution in [2.75, 3.05) is 31.1 Å². The fourth-order valence-electron chi connectivity index (χ4n) is 3.90. The smallest absolute Gasteiger partial charge is 0.191 e. The summed E-state index contributed by atoms with van der Waals surface area (Å²) < 4.78 is 6.04. The molecule has 32 heavy (non-hydrogen) atoms. The van der Waals surface area contributed by atoms with Gasteiger partial charge in [-0.2, -0.15) is 0 Å². The SMILES string of the molecule is CCNC(=NCc1ccccc1OCC1CC1)NC1CCN(c2cccc(C)n2)CC1.I. The van der Waals surface area contributed by atoms with Crippen LogP contribution in [-0.2, 0) is 6.54 Å². The second kappa shape index (κ2) is 12.3. The summed E-state index contributed by atoms with van der Waals surface area (Å²) in [6.07, 6.45) is 4.74. The molecule has 2 aliphatic rings. The van der Waals surface area contributed by atoms with Crippen LogP contribution in [0.25, 0.3) is 0 Å². The summed E-state index contributed by atoms with van der Waals surface area (Å²) in [7, 11) is 0. The predicted octanol–water partition coefficient (Wildman–Crippen LogP) is 4.52. The quantitative estimate of drug-likeness (QED) is 0.288. The number of anilines is 1. The van der Waals surface area contributed by atoms with Crippen LogP contribution in [0.3, 0.4) is 0 Å². The third-order valence-electron chi connectivity index (χ3n) is 5.93. The van der Waals surface area contributed by atoms with Crippen LogP contribution in [0.15, 0.2) is 47.5 Å². The Kier molecular flexibility index (Phi) is 9.44. The molecule has 1 saturated carbocycles. The maximum absolute atomic E-state index is 6.04. The Morgan fingerprint density at radius 2 is 1.88 bits per heavy atom. The summed E-state index contributed by atoms with van der Waals surface area (Å²) in [4.78, 5) is 11.9. The molecule has 0 amide bonds. The number of piperidine rings is 1. The number of guanidine groups is 1. The van der Waals surface area contributed by atoms with Crippen molar-refractivity contribution >= 4 is 35.8 Å². The standard InChI is InChI=1S/C25H35N5O.HI/c1-3-26-25(27-17-21-8-4-5-9-23(21)31-18-20-11-12-20)29-22-13-15-30(16-14-22)24-10-6-7-19(2)28-24;/h4-10,20,22H,3,11-18H2,1-2H3,(H2,26,27,29);1H. The summed E-state index contributed by atoms with van der Waals surface area (Å²) in [6.45, 7) is 8.45. The van der Waals surface area contributed by atoms with Crippen molar-refractivity contribution in [3.05, 3.63) is 53.7 Å². The first kappa shape index (κ1) is 24.6. The highest BCUT2D eigenvalue weighted by atomic mass is 127. The Morgan fingerprint density at radius 1 is 1.09 bits per heavy atom. The van der Waals surface area contributed by atoms with Gasteiger partial charge in [-0.05, 0) is 63.6 Å². The highest BCUT2D eigenvalue weighted by molar-refractivity contribution is 14.0. The van der Waals surface area contributed by atoms with E-state index in [0.717, 1.165) is 73.8 Å². The molecular formula is C25H36IN5O. The minimum absolute atomic E-state index is 0. The van der Waals surface area contributed by atoms with Crippen LogP contribution >= 0.6 is 24.0 Å². The van der Waals surface area contributed by atoms with Crippen LogP contribution in [0.5, 0.6) is 5.75 Å². The highest BCUT2D eigenvalue weighted by Crippen LogP contribution is 2.30. The predicted molar refractivity (Wildman–Crippen MR) is 142 cm³/mol. The second-order valence-corrected chi connectivity index (χ2v) is 8.60. The van der Waals surface area contributed by atoms with Gasteiger partial charge in [0.05, 0.1) is 13.2 Å². The van der Waals surface area contributed by atoms with Crippen LogP contribution in [0.4, 0.5) is 5.82 Å². The number of pyridine rings is 1. The molecule has 1 aliphatic heterocycles. The van der Waals surface area contributed by atoms with Crippen molar-refractivity contribution in [1.82, 2.24) is 15.6 Å². The molecule has 2 N–H and O–H groups in total. The molecular weight excluding hydrogens is 513 g/mol. The van der Waals surface area contributed by atoms with E-state index in [1.54, 1.807) is 0 Å². The topological polar surface area (TPSA) is 61.8 Å². The summed E-state index contributed by atoms with van der Waals surface area (Å²) in [5, 5.41) is 7.04. The highest BCUT2D eigenvalue weighted by Gasteiger charge is 2.23. The first-order chi connectivity index (χ1) is 15.2. The van der Waals surface area contributed by atoms with Gasteiger partial charge in [0.1, 0.15) is 11.6 Å². The molecule has 0 radical (unpaired) electrons. The number of para-hydroxylation sites is 1. The number of benzene rings is 1. The van der Waals surface area contributed by atoms with Gasteiger partial charge in [-0.3, -0.25) is 0 Å². The van der Waals surface area contributed by atoms with Gasteiger partial charge in [-0.25, -0.2) is 9.98 Å². The fourth-order valence-corrected chi connectivity index (χ4v) is 3.90. The molecule has 1 aliphatic carbocycles. The van der Waals surface area contributed by atoms with Crippen molar-refractivity contribution in [2.45, 2.75) is 52.1 Å². The van der Waals surface area contributed by atoms with Gasteiger partial charge in [-0.1, -0.05) is 24.3 Å². The molecule has 2 aromatic rings. The second-order valence-electron chi connectivity index (χ2n) is 8.60. The Labute approximate surface area is 209 Å². The van der Waals surface area contributed by atoms with Crippen LogP contribution in [0.2, 0.25) is 0 Å². The van der Waals surface area contributed by atoms with Crippen molar-refractivity contribution in [2.24, 2.45) is 10.9 Å². The van der Waals surface area contributed by atoms with Crippen molar-refractivity contribution in [3.63, 3.8) is 0 Å². The maximum Gasteiger partial charge on any atom is 0.191 e. The summed E-state index contributed by atoms with van der Waals surface area (Å²) in [5.74, 6) is 3.68. The van der Waals surface area contributed by atoms with E-state index in [2.05, 4.69) is 57.8 Å². The average molecular weight is 550 g/mol. The van der Waals surface area contributed by atoms with Gasteiger partial charge >= 0.3 is 0 Å². The number of aliphatic imine (C=N–C) groups is 1. The number of aromatic nitrogens is 1. The number of halogens is 1. The molecule has 7 heteroatoms. The number of hydrogen-bond acceptors (Lipinski definition) is 4. The molecule has 1 aromatic carbocycles. The van der Waals surface area contributed by atoms with Crippen LogP contribution in [-0.4, -0.2) is 43.2 Å². The largest absolute Gasteiger partial charge is 0.493 e.